The van der Waals surface area contributed by atoms with E-state index in [1.165, 1.54) is 0 Å². The van der Waals surface area contributed by atoms with E-state index in [4.69, 9.17) is 25.5 Å². The SMILES string of the molecule is CCCCOC(=O)CSc1nnc(COc2ccc(Cl)cc2)o1. The summed E-state index contributed by atoms with van der Waals surface area (Å²) < 4.78 is 15.9. The highest BCUT2D eigenvalue weighted by Crippen LogP contribution is 2.19. The molecule has 0 atom stereocenters. The second kappa shape index (κ2) is 9.42. The van der Waals surface area contributed by atoms with Gasteiger partial charge in [-0.3, -0.25) is 4.79 Å². The van der Waals surface area contributed by atoms with Gasteiger partial charge in [-0.15, -0.1) is 10.2 Å². The van der Waals surface area contributed by atoms with Crippen molar-refractivity contribution in [3.63, 3.8) is 0 Å². The molecular formula is C15H17ClN2O4S. The van der Waals surface area contributed by atoms with Gasteiger partial charge in [0.1, 0.15) is 11.5 Å². The Labute approximate surface area is 143 Å². The maximum Gasteiger partial charge on any atom is 0.316 e. The molecule has 0 aliphatic heterocycles. The van der Waals surface area contributed by atoms with E-state index in [9.17, 15) is 4.79 Å². The molecule has 0 amide bonds. The fourth-order valence-electron chi connectivity index (χ4n) is 1.52. The van der Waals surface area contributed by atoms with E-state index in [0.29, 0.717) is 28.5 Å². The number of thioether (sulfide) groups is 1. The van der Waals surface area contributed by atoms with Gasteiger partial charge in [0, 0.05) is 5.02 Å². The van der Waals surface area contributed by atoms with Gasteiger partial charge in [0.25, 0.3) is 11.1 Å². The highest BCUT2D eigenvalue weighted by molar-refractivity contribution is 7.99. The van der Waals surface area contributed by atoms with Crippen LogP contribution in [0.15, 0.2) is 33.9 Å². The molecule has 2 aromatic rings. The van der Waals surface area contributed by atoms with E-state index in [-0.39, 0.29) is 18.3 Å². The predicted octanol–water partition coefficient (Wildman–Crippen LogP) is 3.74. The van der Waals surface area contributed by atoms with Gasteiger partial charge in [-0.2, -0.15) is 0 Å². The number of hydrogen-bond donors (Lipinski definition) is 0. The molecule has 0 aliphatic carbocycles. The van der Waals surface area contributed by atoms with Crippen molar-refractivity contribution in [2.75, 3.05) is 12.4 Å². The largest absolute Gasteiger partial charge is 0.484 e. The molecule has 0 unspecified atom stereocenters. The molecule has 23 heavy (non-hydrogen) atoms. The van der Waals surface area contributed by atoms with Crippen LogP contribution in [-0.4, -0.2) is 28.5 Å². The van der Waals surface area contributed by atoms with Crippen LogP contribution >= 0.6 is 23.4 Å². The molecule has 2 rings (SSSR count). The smallest absolute Gasteiger partial charge is 0.316 e. The van der Waals surface area contributed by atoms with Crippen LogP contribution in [0, 0.1) is 0 Å². The number of rotatable bonds is 9. The van der Waals surface area contributed by atoms with E-state index in [1.807, 2.05) is 6.92 Å². The van der Waals surface area contributed by atoms with Crippen LogP contribution < -0.4 is 4.74 Å². The first-order valence-corrected chi connectivity index (χ1v) is 8.53. The van der Waals surface area contributed by atoms with E-state index < -0.39 is 0 Å². The second-order valence-corrected chi connectivity index (χ2v) is 5.93. The van der Waals surface area contributed by atoms with Crippen molar-refractivity contribution < 1.29 is 18.7 Å². The summed E-state index contributed by atoms with van der Waals surface area (Å²) in [6.45, 7) is 2.63. The lowest BCUT2D eigenvalue weighted by atomic mass is 10.3. The number of ether oxygens (including phenoxy) is 2. The summed E-state index contributed by atoms with van der Waals surface area (Å²) in [5.41, 5.74) is 0. The molecule has 0 bridgehead atoms. The first kappa shape index (κ1) is 17.6. The monoisotopic (exact) mass is 356 g/mol. The number of unbranched alkanes of at least 4 members (excludes halogenated alkanes) is 1. The third kappa shape index (κ3) is 6.50. The van der Waals surface area contributed by atoms with Crippen LogP contribution in [0.2, 0.25) is 5.02 Å². The normalized spacial score (nSPS) is 10.5. The van der Waals surface area contributed by atoms with Crippen molar-refractivity contribution in [3.05, 3.63) is 35.2 Å². The third-order valence-electron chi connectivity index (χ3n) is 2.70. The molecule has 6 nitrogen and oxygen atoms in total. The van der Waals surface area contributed by atoms with Gasteiger partial charge in [-0.05, 0) is 30.7 Å². The molecule has 8 heteroatoms. The van der Waals surface area contributed by atoms with Crippen LogP contribution in [0.3, 0.4) is 0 Å². The Balaban J connectivity index is 1.72. The van der Waals surface area contributed by atoms with E-state index in [0.717, 1.165) is 24.6 Å². The van der Waals surface area contributed by atoms with Gasteiger partial charge in [0.15, 0.2) is 6.61 Å². The molecule has 0 fully saturated rings. The Bertz CT molecular complexity index is 618. The average molecular weight is 357 g/mol. The van der Waals surface area contributed by atoms with Crippen LogP contribution in [0.5, 0.6) is 5.75 Å². The number of nitrogens with zero attached hydrogens (tertiary/aromatic N) is 2. The molecule has 0 spiro atoms. The highest BCUT2D eigenvalue weighted by atomic mass is 35.5. The van der Waals surface area contributed by atoms with Crippen molar-refractivity contribution in [2.45, 2.75) is 31.6 Å². The summed E-state index contributed by atoms with van der Waals surface area (Å²) in [6.07, 6.45) is 1.85. The van der Waals surface area contributed by atoms with Crippen molar-refractivity contribution in [2.24, 2.45) is 0 Å². The van der Waals surface area contributed by atoms with Gasteiger partial charge in [0.05, 0.1) is 6.61 Å². The molecule has 0 radical (unpaired) electrons. The number of hydrogen-bond acceptors (Lipinski definition) is 7. The van der Waals surface area contributed by atoms with Gasteiger partial charge >= 0.3 is 5.97 Å². The molecule has 0 aliphatic rings. The van der Waals surface area contributed by atoms with Crippen LogP contribution in [-0.2, 0) is 16.1 Å². The Morgan fingerprint density at radius 2 is 2.09 bits per heavy atom. The summed E-state index contributed by atoms with van der Waals surface area (Å²) in [7, 11) is 0. The first-order chi connectivity index (χ1) is 11.2. The standard InChI is InChI=1S/C15H17ClN2O4S/c1-2-3-8-20-14(19)10-23-15-18-17-13(22-15)9-21-12-6-4-11(16)5-7-12/h4-7H,2-3,8-10H2,1H3. The highest BCUT2D eigenvalue weighted by Gasteiger charge is 2.11. The van der Waals surface area contributed by atoms with E-state index >= 15 is 0 Å². The summed E-state index contributed by atoms with van der Waals surface area (Å²) >= 11 is 6.94. The number of carbonyl (C=O) groups is 1. The molecule has 1 aromatic heterocycles. The van der Waals surface area contributed by atoms with Crippen LogP contribution in [0.1, 0.15) is 25.7 Å². The lowest BCUT2D eigenvalue weighted by molar-refractivity contribution is -0.140. The van der Waals surface area contributed by atoms with E-state index in [1.54, 1.807) is 24.3 Å². The van der Waals surface area contributed by atoms with Crippen molar-refractivity contribution >= 4 is 29.3 Å². The van der Waals surface area contributed by atoms with Crippen molar-refractivity contribution in [3.8, 4) is 5.75 Å². The number of carbonyl (C=O) groups excluding carboxylic acids is 1. The Hall–Kier alpha value is -1.73. The minimum Gasteiger partial charge on any atom is -0.484 e. The second-order valence-electron chi connectivity index (χ2n) is 4.57. The number of esters is 1. The van der Waals surface area contributed by atoms with Gasteiger partial charge in [-0.1, -0.05) is 36.7 Å². The van der Waals surface area contributed by atoms with Gasteiger partial charge in [-0.25, -0.2) is 0 Å². The minimum absolute atomic E-state index is 0.142. The fraction of sp³-hybridized carbons (Fsp3) is 0.400. The zero-order valence-electron chi connectivity index (χ0n) is 12.7. The van der Waals surface area contributed by atoms with Gasteiger partial charge < -0.3 is 13.9 Å². The summed E-state index contributed by atoms with van der Waals surface area (Å²) in [5.74, 6) is 0.840. The molecule has 124 valence electrons. The quantitative estimate of drug-likeness (QED) is 0.385. The lowest BCUT2D eigenvalue weighted by Crippen LogP contribution is -2.08. The van der Waals surface area contributed by atoms with Crippen molar-refractivity contribution in [1.82, 2.24) is 10.2 Å². The Morgan fingerprint density at radius 3 is 2.83 bits per heavy atom. The predicted molar refractivity (Wildman–Crippen MR) is 86.7 cm³/mol. The fourth-order valence-corrected chi connectivity index (χ4v) is 2.23. The lowest BCUT2D eigenvalue weighted by Gasteiger charge is -2.02. The molecule has 0 saturated carbocycles. The zero-order chi connectivity index (χ0) is 16.5. The third-order valence-corrected chi connectivity index (χ3v) is 3.74. The average Bonchev–Trinajstić information content (AvgIpc) is 3.01. The topological polar surface area (TPSA) is 74.5 Å². The minimum atomic E-state index is -0.291. The number of aromatic nitrogens is 2. The first-order valence-electron chi connectivity index (χ1n) is 7.16. The Kier molecular flexibility index (Phi) is 7.22. The van der Waals surface area contributed by atoms with E-state index in [2.05, 4.69) is 10.2 Å². The molecule has 0 saturated heterocycles. The van der Waals surface area contributed by atoms with Crippen LogP contribution in [0.25, 0.3) is 0 Å². The number of halogens is 1. The Morgan fingerprint density at radius 1 is 1.30 bits per heavy atom. The summed E-state index contributed by atoms with van der Waals surface area (Å²) in [5, 5.41) is 8.66. The maximum absolute atomic E-state index is 11.5. The molecule has 0 N–H and O–H groups in total. The van der Waals surface area contributed by atoms with Crippen molar-refractivity contribution in [1.29, 1.82) is 0 Å². The maximum atomic E-state index is 11.5. The molecule has 1 heterocycles. The summed E-state index contributed by atoms with van der Waals surface area (Å²) in [6, 6.07) is 6.97. The van der Waals surface area contributed by atoms with Crippen LogP contribution in [0.4, 0.5) is 0 Å². The summed E-state index contributed by atoms with van der Waals surface area (Å²) in [4.78, 5) is 11.5. The number of benzene rings is 1. The molecule has 1 aromatic carbocycles. The molecular weight excluding hydrogens is 340 g/mol. The van der Waals surface area contributed by atoms with Gasteiger partial charge in [0.2, 0.25) is 0 Å². The zero-order valence-corrected chi connectivity index (χ0v) is 14.2.